The molecule has 0 amide bonds. The molecule has 2 rings (SSSR count). The molecule has 1 aliphatic rings. The van der Waals surface area contributed by atoms with E-state index in [1.165, 1.54) is 6.07 Å². The average molecular weight is 272 g/mol. The molecule has 0 spiro atoms. The first-order valence-electron chi connectivity index (χ1n) is 6.44. The van der Waals surface area contributed by atoms with Crippen molar-refractivity contribution in [2.75, 3.05) is 13.7 Å². The van der Waals surface area contributed by atoms with Crippen LogP contribution in [0.4, 0.5) is 4.39 Å². The van der Waals surface area contributed by atoms with Gasteiger partial charge in [0.1, 0.15) is 5.82 Å². The van der Waals surface area contributed by atoms with E-state index in [0.717, 1.165) is 37.9 Å². The van der Waals surface area contributed by atoms with E-state index in [0.29, 0.717) is 6.10 Å². The summed E-state index contributed by atoms with van der Waals surface area (Å²) in [7, 11) is 1.90. The third-order valence-corrected chi connectivity index (χ3v) is 3.80. The molecule has 1 fully saturated rings. The van der Waals surface area contributed by atoms with Gasteiger partial charge in [-0.1, -0.05) is 17.7 Å². The number of ether oxygens (including phenoxy) is 1. The summed E-state index contributed by atoms with van der Waals surface area (Å²) < 4.78 is 19.0. The van der Waals surface area contributed by atoms with Crippen LogP contribution in [0.1, 0.15) is 37.3 Å². The maximum absolute atomic E-state index is 13.4. The van der Waals surface area contributed by atoms with Gasteiger partial charge < -0.3 is 10.1 Å². The normalized spacial score (nSPS) is 21.2. The van der Waals surface area contributed by atoms with Gasteiger partial charge in [-0.2, -0.15) is 0 Å². The topological polar surface area (TPSA) is 21.3 Å². The van der Waals surface area contributed by atoms with Gasteiger partial charge in [0.05, 0.1) is 11.1 Å². The smallest absolute Gasteiger partial charge is 0.142 e. The van der Waals surface area contributed by atoms with Gasteiger partial charge in [0, 0.05) is 12.6 Å². The Kier molecular flexibility index (Phi) is 4.98. The molecule has 2 atom stereocenters. The molecule has 0 aliphatic carbocycles. The van der Waals surface area contributed by atoms with Crippen LogP contribution in [0.25, 0.3) is 0 Å². The highest BCUT2D eigenvalue weighted by Gasteiger charge is 2.18. The molecule has 2 unspecified atom stereocenters. The molecular formula is C14H19ClFNO. The van der Waals surface area contributed by atoms with E-state index in [2.05, 4.69) is 5.32 Å². The number of nitrogens with one attached hydrogen (secondary N) is 1. The second-order valence-electron chi connectivity index (χ2n) is 4.73. The Balaban J connectivity index is 1.96. The highest BCUT2D eigenvalue weighted by molar-refractivity contribution is 6.30. The lowest BCUT2D eigenvalue weighted by atomic mass is 9.99. The van der Waals surface area contributed by atoms with Crippen molar-refractivity contribution in [2.45, 2.75) is 37.8 Å². The van der Waals surface area contributed by atoms with Crippen LogP contribution < -0.4 is 5.32 Å². The van der Waals surface area contributed by atoms with Crippen LogP contribution in [0.15, 0.2) is 18.2 Å². The number of rotatable bonds is 5. The Morgan fingerprint density at radius 2 is 2.39 bits per heavy atom. The van der Waals surface area contributed by atoms with Crippen LogP contribution in [0.5, 0.6) is 0 Å². The summed E-state index contributed by atoms with van der Waals surface area (Å²) in [6.07, 6.45) is 4.63. The zero-order valence-corrected chi connectivity index (χ0v) is 11.3. The van der Waals surface area contributed by atoms with E-state index in [1.54, 1.807) is 6.07 Å². The fourth-order valence-electron chi connectivity index (χ4n) is 2.43. The van der Waals surface area contributed by atoms with E-state index in [9.17, 15) is 4.39 Å². The molecule has 0 saturated carbocycles. The van der Waals surface area contributed by atoms with Crippen molar-refractivity contribution < 1.29 is 9.13 Å². The Labute approximate surface area is 112 Å². The third-order valence-electron chi connectivity index (χ3n) is 3.50. The lowest BCUT2D eigenvalue weighted by Gasteiger charge is -2.19. The minimum Gasteiger partial charge on any atom is -0.378 e. The summed E-state index contributed by atoms with van der Waals surface area (Å²) in [5, 5.41) is 3.40. The number of benzene rings is 1. The molecule has 4 heteroatoms. The summed E-state index contributed by atoms with van der Waals surface area (Å²) in [6.45, 7) is 0.879. The van der Waals surface area contributed by atoms with Crippen molar-refractivity contribution in [3.8, 4) is 0 Å². The van der Waals surface area contributed by atoms with Crippen molar-refractivity contribution in [1.29, 1.82) is 0 Å². The molecule has 2 nitrogen and oxygen atoms in total. The summed E-state index contributed by atoms with van der Waals surface area (Å²) in [5.41, 5.74) is 0.942. The van der Waals surface area contributed by atoms with Crippen LogP contribution in [-0.4, -0.2) is 19.8 Å². The van der Waals surface area contributed by atoms with Gasteiger partial charge in [-0.05, 0) is 50.4 Å². The molecule has 1 aromatic rings. The Morgan fingerprint density at radius 1 is 1.56 bits per heavy atom. The Morgan fingerprint density at radius 3 is 3.00 bits per heavy atom. The van der Waals surface area contributed by atoms with Crippen LogP contribution in [-0.2, 0) is 4.74 Å². The molecule has 1 N–H and O–H groups in total. The van der Waals surface area contributed by atoms with E-state index < -0.39 is 0 Å². The quantitative estimate of drug-likeness (QED) is 0.882. The molecule has 0 radical (unpaired) electrons. The molecule has 1 saturated heterocycles. The van der Waals surface area contributed by atoms with Crippen LogP contribution in [0.3, 0.4) is 0 Å². The minimum absolute atomic E-state index is 0.154. The predicted molar refractivity (Wildman–Crippen MR) is 71.4 cm³/mol. The summed E-state index contributed by atoms with van der Waals surface area (Å²) in [5.74, 6) is -0.355. The summed E-state index contributed by atoms with van der Waals surface area (Å²) in [4.78, 5) is 0. The lowest BCUT2D eigenvalue weighted by Crippen LogP contribution is -2.19. The predicted octanol–water partition coefficient (Wildman–Crippen LogP) is 3.70. The largest absolute Gasteiger partial charge is 0.378 e. The first-order valence-corrected chi connectivity index (χ1v) is 6.82. The Hall–Kier alpha value is -0.640. The minimum atomic E-state index is -0.355. The molecule has 100 valence electrons. The number of halogens is 2. The Bertz CT molecular complexity index is 393. The molecule has 0 aromatic heterocycles. The average Bonchev–Trinajstić information content (AvgIpc) is 2.87. The second-order valence-corrected chi connectivity index (χ2v) is 5.13. The highest BCUT2D eigenvalue weighted by Crippen LogP contribution is 2.26. The molecule has 1 aliphatic heterocycles. The first-order chi connectivity index (χ1) is 8.70. The van der Waals surface area contributed by atoms with E-state index in [1.807, 2.05) is 13.1 Å². The zero-order valence-electron chi connectivity index (χ0n) is 10.6. The number of hydrogen-bond donors (Lipinski definition) is 1. The van der Waals surface area contributed by atoms with Crippen LogP contribution >= 0.6 is 11.6 Å². The molecule has 0 bridgehead atoms. The van der Waals surface area contributed by atoms with Crippen molar-refractivity contribution in [3.63, 3.8) is 0 Å². The highest BCUT2D eigenvalue weighted by atomic mass is 35.5. The van der Waals surface area contributed by atoms with Crippen molar-refractivity contribution >= 4 is 11.6 Å². The van der Waals surface area contributed by atoms with E-state index in [4.69, 9.17) is 16.3 Å². The van der Waals surface area contributed by atoms with E-state index in [-0.39, 0.29) is 16.9 Å². The van der Waals surface area contributed by atoms with E-state index >= 15 is 0 Å². The van der Waals surface area contributed by atoms with Gasteiger partial charge in [-0.25, -0.2) is 4.39 Å². The fourth-order valence-corrected chi connectivity index (χ4v) is 2.55. The van der Waals surface area contributed by atoms with Gasteiger partial charge in [0.2, 0.25) is 0 Å². The van der Waals surface area contributed by atoms with Crippen molar-refractivity contribution in [3.05, 3.63) is 34.6 Å². The molecular weight excluding hydrogens is 253 g/mol. The third kappa shape index (κ3) is 3.44. The maximum atomic E-state index is 13.4. The fraction of sp³-hybridized carbons (Fsp3) is 0.571. The van der Waals surface area contributed by atoms with Gasteiger partial charge in [0.25, 0.3) is 0 Å². The molecule has 1 heterocycles. The zero-order chi connectivity index (χ0) is 13.0. The SMILES string of the molecule is CNC(CCC1CCCO1)c1ccc(Cl)c(F)c1. The molecule has 18 heavy (non-hydrogen) atoms. The van der Waals surface area contributed by atoms with Crippen LogP contribution in [0.2, 0.25) is 5.02 Å². The van der Waals surface area contributed by atoms with Crippen LogP contribution in [0, 0.1) is 5.82 Å². The van der Waals surface area contributed by atoms with Crippen molar-refractivity contribution in [1.82, 2.24) is 5.32 Å². The summed E-state index contributed by atoms with van der Waals surface area (Å²) >= 11 is 5.69. The monoisotopic (exact) mass is 271 g/mol. The van der Waals surface area contributed by atoms with Gasteiger partial charge >= 0.3 is 0 Å². The second kappa shape index (κ2) is 6.50. The standard InChI is InChI=1S/C14H19ClFNO/c1-17-14(7-5-11-3-2-8-18-11)10-4-6-12(15)13(16)9-10/h4,6,9,11,14,17H,2-3,5,7-8H2,1H3. The lowest BCUT2D eigenvalue weighted by molar-refractivity contribution is 0.0998. The maximum Gasteiger partial charge on any atom is 0.142 e. The molecule has 1 aromatic carbocycles. The number of hydrogen-bond acceptors (Lipinski definition) is 2. The van der Waals surface area contributed by atoms with Crippen molar-refractivity contribution in [2.24, 2.45) is 0 Å². The van der Waals surface area contributed by atoms with Gasteiger partial charge in [0.15, 0.2) is 0 Å². The van der Waals surface area contributed by atoms with Gasteiger partial charge in [-0.15, -0.1) is 0 Å². The summed E-state index contributed by atoms with van der Waals surface area (Å²) in [6, 6.07) is 5.16. The van der Waals surface area contributed by atoms with Gasteiger partial charge in [-0.3, -0.25) is 0 Å². The first kappa shape index (κ1) is 13.8.